The van der Waals surface area contributed by atoms with Gasteiger partial charge in [-0.2, -0.15) is 0 Å². The molecule has 0 fully saturated rings. The summed E-state index contributed by atoms with van der Waals surface area (Å²) in [4.78, 5) is 5.31. The van der Waals surface area contributed by atoms with Crippen molar-refractivity contribution in [2.24, 2.45) is 0 Å². The Morgan fingerprint density at radius 3 is 1.62 bits per heavy atom. The van der Waals surface area contributed by atoms with E-state index >= 15 is 0 Å². The average Bonchev–Trinajstić information content (AvgIpc) is 3.58. The molecule has 0 atom stereocenters. The fourth-order valence-corrected chi connectivity index (χ4v) is 8.37. The SMILES string of the molecule is c1ccc(-n2c3ccccc3c3c4c(ccc32)c(-c2ccc(-c3ccc5cc(-c6ccc7ccccc7c6)ccc5c3)cc2)nc2ccccc24)cc1. The summed E-state index contributed by atoms with van der Waals surface area (Å²) in [6, 6.07) is 70.3. The zero-order valence-electron chi connectivity index (χ0n) is 28.9. The van der Waals surface area contributed by atoms with Gasteiger partial charge in [-0.3, -0.25) is 0 Å². The predicted octanol–water partition coefficient (Wildman–Crippen LogP) is 13.8. The van der Waals surface area contributed by atoms with Gasteiger partial charge in [0.2, 0.25) is 0 Å². The Hall–Kier alpha value is -7.03. The van der Waals surface area contributed by atoms with Crippen LogP contribution >= 0.6 is 0 Å². The lowest BCUT2D eigenvalue weighted by Gasteiger charge is -2.13. The molecule has 2 aromatic heterocycles. The summed E-state index contributed by atoms with van der Waals surface area (Å²) in [5, 5.41) is 11.1. The molecule has 0 aliphatic rings. The van der Waals surface area contributed by atoms with Crippen molar-refractivity contribution < 1.29 is 0 Å². The van der Waals surface area contributed by atoms with Crippen LogP contribution in [0, 0.1) is 0 Å². The maximum atomic E-state index is 5.31. The van der Waals surface area contributed by atoms with E-state index in [2.05, 4.69) is 199 Å². The quantitative estimate of drug-likeness (QED) is 0.170. The molecule has 9 aromatic carbocycles. The smallest absolute Gasteiger partial charge is 0.0788 e. The molecule has 2 heterocycles. The van der Waals surface area contributed by atoms with Crippen LogP contribution in [0.3, 0.4) is 0 Å². The Bertz CT molecular complexity index is 3210. The first kappa shape index (κ1) is 29.7. The van der Waals surface area contributed by atoms with E-state index in [4.69, 9.17) is 4.98 Å². The topological polar surface area (TPSA) is 17.8 Å². The second-order valence-electron chi connectivity index (χ2n) is 14.0. The van der Waals surface area contributed by atoms with Crippen LogP contribution in [-0.2, 0) is 0 Å². The van der Waals surface area contributed by atoms with Crippen LogP contribution < -0.4 is 0 Å². The minimum atomic E-state index is 1.00. The van der Waals surface area contributed by atoms with Gasteiger partial charge < -0.3 is 4.57 Å². The molecule has 0 unspecified atom stereocenters. The van der Waals surface area contributed by atoms with Crippen LogP contribution in [0.5, 0.6) is 0 Å². The Morgan fingerprint density at radius 1 is 0.321 bits per heavy atom. The number of nitrogens with zero attached hydrogens (tertiary/aromatic N) is 2. The highest BCUT2D eigenvalue weighted by molar-refractivity contribution is 6.29. The van der Waals surface area contributed by atoms with Crippen molar-refractivity contribution in [1.82, 2.24) is 9.55 Å². The summed E-state index contributed by atoms with van der Waals surface area (Å²) in [5.41, 5.74) is 11.5. The molecule has 0 N–H and O–H groups in total. The third-order valence-corrected chi connectivity index (χ3v) is 10.9. The number of fused-ring (bicyclic) bond motifs is 9. The lowest BCUT2D eigenvalue weighted by atomic mass is 9.94. The third-order valence-electron chi connectivity index (χ3n) is 10.9. The maximum absolute atomic E-state index is 5.31. The molecule has 11 rings (SSSR count). The van der Waals surface area contributed by atoms with E-state index in [1.807, 2.05) is 0 Å². The van der Waals surface area contributed by atoms with Crippen LogP contribution in [0.2, 0.25) is 0 Å². The van der Waals surface area contributed by atoms with Crippen molar-refractivity contribution in [2.75, 3.05) is 0 Å². The molecule has 0 saturated carbocycles. The van der Waals surface area contributed by atoms with Crippen LogP contribution in [0.15, 0.2) is 194 Å². The van der Waals surface area contributed by atoms with Crippen molar-refractivity contribution in [3.63, 3.8) is 0 Å². The molecular formula is C51H32N2. The second-order valence-corrected chi connectivity index (χ2v) is 14.0. The molecule has 2 heteroatoms. The van der Waals surface area contributed by atoms with Gasteiger partial charge >= 0.3 is 0 Å². The molecule has 246 valence electrons. The highest BCUT2D eigenvalue weighted by Gasteiger charge is 2.19. The van der Waals surface area contributed by atoms with Gasteiger partial charge in [-0.25, -0.2) is 4.98 Å². The van der Waals surface area contributed by atoms with Crippen LogP contribution in [0.1, 0.15) is 0 Å². The molecule has 0 amide bonds. The zero-order valence-corrected chi connectivity index (χ0v) is 28.9. The summed E-state index contributed by atoms with van der Waals surface area (Å²) >= 11 is 0. The minimum absolute atomic E-state index is 1.00. The molecule has 11 aromatic rings. The maximum Gasteiger partial charge on any atom is 0.0788 e. The van der Waals surface area contributed by atoms with Gasteiger partial charge in [-0.15, -0.1) is 0 Å². The van der Waals surface area contributed by atoms with Gasteiger partial charge in [0.25, 0.3) is 0 Å². The summed E-state index contributed by atoms with van der Waals surface area (Å²) in [6.45, 7) is 0. The summed E-state index contributed by atoms with van der Waals surface area (Å²) in [7, 11) is 0. The van der Waals surface area contributed by atoms with Crippen LogP contribution in [-0.4, -0.2) is 9.55 Å². The van der Waals surface area contributed by atoms with E-state index in [0.29, 0.717) is 0 Å². The first-order valence-corrected chi connectivity index (χ1v) is 18.2. The van der Waals surface area contributed by atoms with Gasteiger partial charge in [0.15, 0.2) is 0 Å². The van der Waals surface area contributed by atoms with E-state index < -0.39 is 0 Å². The first-order chi connectivity index (χ1) is 26.3. The Kier molecular flexibility index (Phi) is 6.59. The van der Waals surface area contributed by atoms with Crippen LogP contribution in [0.4, 0.5) is 0 Å². The minimum Gasteiger partial charge on any atom is -0.309 e. The van der Waals surface area contributed by atoms with Gasteiger partial charge in [-0.1, -0.05) is 146 Å². The van der Waals surface area contributed by atoms with Crippen molar-refractivity contribution in [3.05, 3.63) is 194 Å². The van der Waals surface area contributed by atoms with Gasteiger partial charge in [-0.05, 0) is 92.3 Å². The molecular weight excluding hydrogens is 641 g/mol. The number of hydrogen-bond donors (Lipinski definition) is 0. The van der Waals surface area contributed by atoms with Crippen LogP contribution in [0.25, 0.3) is 104 Å². The summed E-state index contributed by atoms with van der Waals surface area (Å²) in [6.07, 6.45) is 0. The van der Waals surface area contributed by atoms with Gasteiger partial charge in [0.1, 0.15) is 0 Å². The fourth-order valence-electron chi connectivity index (χ4n) is 8.37. The van der Waals surface area contributed by atoms with E-state index in [1.165, 1.54) is 76.4 Å². The molecule has 0 radical (unpaired) electrons. The lowest BCUT2D eigenvalue weighted by molar-refractivity contribution is 1.18. The van der Waals surface area contributed by atoms with Gasteiger partial charge in [0.05, 0.1) is 22.2 Å². The lowest BCUT2D eigenvalue weighted by Crippen LogP contribution is -1.94. The molecule has 0 saturated heterocycles. The number of pyridine rings is 1. The third kappa shape index (κ3) is 4.77. The van der Waals surface area contributed by atoms with E-state index in [0.717, 1.165) is 27.8 Å². The Morgan fingerprint density at radius 2 is 0.868 bits per heavy atom. The molecule has 53 heavy (non-hydrogen) atoms. The molecule has 0 spiro atoms. The summed E-state index contributed by atoms with van der Waals surface area (Å²) < 4.78 is 2.39. The fraction of sp³-hybridized carbons (Fsp3) is 0. The van der Waals surface area contributed by atoms with E-state index in [-0.39, 0.29) is 0 Å². The monoisotopic (exact) mass is 672 g/mol. The molecule has 0 bridgehead atoms. The molecule has 2 nitrogen and oxygen atoms in total. The summed E-state index contributed by atoms with van der Waals surface area (Å²) in [5.74, 6) is 0. The largest absolute Gasteiger partial charge is 0.309 e. The average molecular weight is 673 g/mol. The standard InChI is InChI=1S/C51H32N2/c1-2-12-42(13-3-1)53-47-17-9-7-15-44(47)50-48(53)29-28-45-49(50)43-14-6-8-16-46(43)52-51(45)35-21-18-34(19-22-35)37-24-25-40-32-41(27-26-39(40)31-37)38-23-20-33-10-4-5-11-36(33)30-38/h1-32H. The zero-order chi connectivity index (χ0) is 34.9. The van der Waals surface area contributed by atoms with Crippen molar-refractivity contribution in [1.29, 1.82) is 0 Å². The van der Waals surface area contributed by atoms with Crippen molar-refractivity contribution in [3.8, 4) is 39.2 Å². The number of aromatic nitrogens is 2. The van der Waals surface area contributed by atoms with E-state index in [1.54, 1.807) is 0 Å². The number of para-hydroxylation sites is 3. The highest BCUT2D eigenvalue weighted by atomic mass is 15.0. The van der Waals surface area contributed by atoms with Gasteiger partial charge in [0, 0.05) is 38.2 Å². The molecule has 0 aliphatic heterocycles. The second kappa shape index (κ2) is 11.8. The van der Waals surface area contributed by atoms with E-state index in [9.17, 15) is 0 Å². The predicted molar refractivity (Wildman–Crippen MR) is 225 cm³/mol. The molecule has 0 aliphatic carbocycles. The number of benzene rings is 9. The number of hydrogen-bond acceptors (Lipinski definition) is 1. The normalized spacial score (nSPS) is 11.8. The van der Waals surface area contributed by atoms with Crippen molar-refractivity contribution in [2.45, 2.75) is 0 Å². The number of rotatable bonds is 4. The highest BCUT2D eigenvalue weighted by Crippen LogP contribution is 2.42. The van der Waals surface area contributed by atoms with Crippen molar-refractivity contribution >= 4 is 65.0 Å². The Balaban J connectivity index is 1.02. The first-order valence-electron chi connectivity index (χ1n) is 18.2. The Labute approximate surface area is 306 Å².